The quantitative estimate of drug-likeness (QED) is 0.875. The first kappa shape index (κ1) is 11.6. The van der Waals surface area contributed by atoms with Gasteiger partial charge in [0.1, 0.15) is 6.61 Å². The first-order chi connectivity index (χ1) is 8.25. The molecule has 3 heteroatoms. The lowest BCUT2D eigenvalue weighted by atomic mass is 10.2. The van der Waals surface area contributed by atoms with Gasteiger partial charge in [-0.1, -0.05) is 36.4 Å². The molecule has 17 heavy (non-hydrogen) atoms. The molecule has 0 fully saturated rings. The van der Waals surface area contributed by atoms with Crippen molar-refractivity contribution in [2.75, 3.05) is 0 Å². The summed E-state index contributed by atoms with van der Waals surface area (Å²) in [6, 6.07) is 13.8. The highest BCUT2D eigenvalue weighted by atomic mass is 16.5. The third-order valence-corrected chi connectivity index (χ3v) is 2.51. The van der Waals surface area contributed by atoms with Gasteiger partial charge >= 0.3 is 0 Å². The van der Waals surface area contributed by atoms with Crippen molar-refractivity contribution in [1.82, 2.24) is 4.98 Å². The van der Waals surface area contributed by atoms with E-state index in [1.807, 2.05) is 49.4 Å². The zero-order valence-corrected chi connectivity index (χ0v) is 9.84. The van der Waals surface area contributed by atoms with Crippen LogP contribution in [0.3, 0.4) is 0 Å². The summed E-state index contributed by atoms with van der Waals surface area (Å²) >= 11 is 0. The molecule has 0 radical (unpaired) electrons. The summed E-state index contributed by atoms with van der Waals surface area (Å²) in [6.07, 6.45) is 1.75. The highest BCUT2D eigenvalue weighted by Crippen LogP contribution is 2.13. The summed E-state index contributed by atoms with van der Waals surface area (Å²) in [4.78, 5) is 4.21. The van der Waals surface area contributed by atoms with Gasteiger partial charge in [-0.2, -0.15) is 0 Å². The lowest BCUT2D eigenvalue weighted by Crippen LogP contribution is -2.05. The molecule has 0 aliphatic heterocycles. The predicted octanol–water partition coefficient (Wildman–Crippen LogP) is 2.68. The Kier molecular flexibility index (Phi) is 3.73. The molecule has 2 N–H and O–H groups in total. The third kappa shape index (κ3) is 3.29. The van der Waals surface area contributed by atoms with Crippen LogP contribution in [0, 0.1) is 0 Å². The zero-order valence-electron chi connectivity index (χ0n) is 9.84. The highest BCUT2D eigenvalue weighted by molar-refractivity contribution is 5.21. The van der Waals surface area contributed by atoms with Crippen LogP contribution in [0.2, 0.25) is 0 Å². The van der Waals surface area contributed by atoms with Gasteiger partial charge in [0.25, 0.3) is 0 Å². The van der Waals surface area contributed by atoms with Gasteiger partial charge < -0.3 is 10.5 Å². The number of benzene rings is 1. The van der Waals surface area contributed by atoms with Crippen molar-refractivity contribution in [3.05, 3.63) is 59.8 Å². The molecule has 88 valence electrons. The van der Waals surface area contributed by atoms with E-state index in [2.05, 4.69) is 4.98 Å². The maximum absolute atomic E-state index is 5.75. The van der Waals surface area contributed by atoms with Gasteiger partial charge in [-0.25, -0.2) is 4.98 Å². The number of rotatable bonds is 4. The maximum atomic E-state index is 5.75. The van der Waals surface area contributed by atoms with Gasteiger partial charge in [0.05, 0.1) is 0 Å². The van der Waals surface area contributed by atoms with Crippen molar-refractivity contribution >= 4 is 0 Å². The smallest absolute Gasteiger partial charge is 0.213 e. The number of hydrogen-bond acceptors (Lipinski definition) is 3. The van der Waals surface area contributed by atoms with Crippen LogP contribution in [0.4, 0.5) is 0 Å². The maximum Gasteiger partial charge on any atom is 0.213 e. The van der Waals surface area contributed by atoms with Gasteiger partial charge in [0.2, 0.25) is 5.88 Å². The molecule has 0 amide bonds. The van der Waals surface area contributed by atoms with Crippen LogP contribution in [0.5, 0.6) is 5.88 Å². The SMILES string of the molecule is C[C@H](N)c1ccc(OCc2ccccc2)nc1. The Bertz CT molecular complexity index is 451. The van der Waals surface area contributed by atoms with Crippen LogP contribution in [0.1, 0.15) is 24.1 Å². The minimum atomic E-state index is 0.00525. The predicted molar refractivity (Wildman–Crippen MR) is 67.6 cm³/mol. The normalized spacial score (nSPS) is 12.1. The lowest BCUT2D eigenvalue weighted by Gasteiger charge is -2.07. The molecule has 1 heterocycles. The average molecular weight is 228 g/mol. The van der Waals surface area contributed by atoms with Gasteiger partial charge in [0, 0.05) is 18.3 Å². The second-order valence-corrected chi connectivity index (χ2v) is 3.99. The Balaban J connectivity index is 1.96. The molecule has 0 aliphatic carbocycles. The average Bonchev–Trinajstić information content (AvgIpc) is 2.38. The van der Waals surface area contributed by atoms with E-state index in [9.17, 15) is 0 Å². The molecule has 2 rings (SSSR count). The van der Waals surface area contributed by atoms with E-state index < -0.39 is 0 Å². The summed E-state index contributed by atoms with van der Waals surface area (Å²) in [5, 5.41) is 0. The van der Waals surface area contributed by atoms with Crippen LogP contribution in [0.15, 0.2) is 48.7 Å². The van der Waals surface area contributed by atoms with Crippen molar-refractivity contribution in [2.24, 2.45) is 5.73 Å². The standard InChI is InChI=1S/C14H16N2O/c1-11(15)13-7-8-14(16-9-13)17-10-12-5-3-2-4-6-12/h2-9,11H,10,15H2,1H3/t11-/m0/s1. The van der Waals surface area contributed by atoms with Gasteiger partial charge in [-0.05, 0) is 18.1 Å². The molecule has 2 aromatic rings. The first-order valence-electron chi connectivity index (χ1n) is 5.64. The minimum absolute atomic E-state index is 0.00525. The number of hydrogen-bond donors (Lipinski definition) is 1. The van der Waals surface area contributed by atoms with E-state index in [0.717, 1.165) is 11.1 Å². The molecule has 3 nitrogen and oxygen atoms in total. The third-order valence-electron chi connectivity index (χ3n) is 2.51. The van der Waals surface area contributed by atoms with E-state index in [0.29, 0.717) is 12.5 Å². The minimum Gasteiger partial charge on any atom is -0.473 e. The van der Waals surface area contributed by atoms with E-state index in [4.69, 9.17) is 10.5 Å². The number of pyridine rings is 1. The summed E-state index contributed by atoms with van der Waals surface area (Å²) < 4.78 is 5.57. The van der Waals surface area contributed by atoms with Crippen LogP contribution in [-0.2, 0) is 6.61 Å². The molecular weight excluding hydrogens is 212 g/mol. The van der Waals surface area contributed by atoms with E-state index >= 15 is 0 Å². The van der Waals surface area contributed by atoms with E-state index in [1.165, 1.54) is 0 Å². The van der Waals surface area contributed by atoms with Crippen molar-refractivity contribution < 1.29 is 4.74 Å². The Hall–Kier alpha value is -1.87. The second kappa shape index (κ2) is 5.46. The van der Waals surface area contributed by atoms with Crippen LogP contribution < -0.4 is 10.5 Å². The lowest BCUT2D eigenvalue weighted by molar-refractivity contribution is 0.293. The summed E-state index contributed by atoms with van der Waals surface area (Å²) in [5.41, 5.74) is 7.89. The molecule has 0 aliphatic rings. The van der Waals surface area contributed by atoms with Crippen LogP contribution >= 0.6 is 0 Å². The molecule has 1 aromatic carbocycles. The van der Waals surface area contributed by atoms with Gasteiger partial charge in [-0.15, -0.1) is 0 Å². The second-order valence-electron chi connectivity index (χ2n) is 3.99. The Morgan fingerprint density at radius 2 is 1.94 bits per heavy atom. The fourth-order valence-corrected chi connectivity index (χ4v) is 1.48. The zero-order chi connectivity index (χ0) is 12.1. The van der Waals surface area contributed by atoms with Crippen LogP contribution in [-0.4, -0.2) is 4.98 Å². The molecule has 0 bridgehead atoms. The first-order valence-corrected chi connectivity index (χ1v) is 5.64. The summed E-state index contributed by atoms with van der Waals surface area (Å²) in [5.74, 6) is 0.623. The molecule has 0 spiro atoms. The van der Waals surface area contributed by atoms with Crippen molar-refractivity contribution in [3.63, 3.8) is 0 Å². The molecule has 0 saturated heterocycles. The molecule has 1 aromatic heterocycles. The number of nitrogens with two attached hydrogens (primary N) is 1. The van der Waals surface area contributed by atoms with Crippen molar-refractivity contribution in [2.45, 2.75) is 19.6 Å². The molecular formula is C14H16N2O. The Labute approximate surface area is 101 Å². The van der Waals surface area contributed by atoms with E-state index in [1.54, 1.807) is 6.20 Å². The Morgan fingerprint density at radius 1 is 1.18 bits per heavy atom. The molecule has 0 unspecified atom stereocenters. The largest absolute Gasteiger partial charge is 0.473 e. The van der Waals surface area contributed by atoms with Gasteiger partial charge in [0.15, 0.2) is 0 Å². The van der Waals surface area contributed by atoms with Gasteiger partial charge in [-0.3, -0.25) is 0 Å². The van der Waals surface area contributed by atoms with Crippen molar-refractivity contribution in [3.8, 4) is 5.88 Å². The number of nitrogens with zero attached hydrogens (tertiary/aromatic N) is 1. The monoisotopic (exact) mass is 228 g/mol. The summed E-state index contributed by atoms with van der Waals surface area (Å²) in [7, 11) is 0. The number of ether oxygens (including phenoxy) is 1. The van der Waals surface area contributed by atoms with E-state index in [-0.39, 0.29) is 6.04 Å². The molecule has 1 atom stereocenters. The molecule has 0 saturated carbocycles. The number of aromatic nitrogens is 1. The van der Waals surface area contributed by atoms with Crippen molar-refractivity contribution in [1.29, 1.82) is 0 Å². The topological polar surface area (TPSA) is 48.1 Å². The van der Waals surface area contributed by atoms with Crippen LogP contribution in [0.25, 0.3) is 0 Å². The fraction of sp³-hybridized carbons (Fsp3) is 0.214. The highest BCUT2D eigenvalue weighted by Gasteiger charge is 2.01. The fourth-order valence-electron chi connectivity index (χ4n) is 1.48. The Morgan fingerprint density at radius 3 is 2.53 bits per heavy atom. The summed E-state index contributed by atoms with van der Waals surface area (Å²) in [6.45, 7) is 2.47.